The number of morpholine rings is 1. The Bertz CT molecular complexity index is 393. The van der Waals surface area contributed by atoms with Crippen molar-refractivity contribution in [1.82, 2.24) is 10.3 Å². The summed E-state index contributed by atoms with van der Waals surface area (Å²) in [5, 5.41) is 16.9. The fourth-order valence-corrected chi connectivity index (χ4v) is 1.64. The SMILES string of the molecule is O=[N+]([O-])c1cccnc1NCC1CNCCO1. The highest BCUT2D eigenvalue weighted by atomic mass is 16.6. The predicted molar refractivity (Wildman–Crippen MR) is 62.0 cm³/mol. The molecule has 1 atom stereocenters. The van der Waals surface area contributed by atoms with Crippen molar-refractivity contribution in [3.8, 4) is 0 Å². The van der Waals surface area contributed by atoms with Gasteiger partial charge in [0.2, 0.25) is 5.82 Å². The molecule has 2 heterocycles. The van der Waals surface area contributed by atoms with Crippen LogP contribution in [0.15, 0.2) is 18.3 Å². The molecule has 0 spiro atoms. The van der Waals surface area contributed by atoms with Gasteiger partial charge in [-0.1, -0.05) is 0 Å². The molecule has 0 saturated carbocycles. The Hall–Kier alpha value is -1.73. The Morgan fingerprint density at radius 3 is 3.29 bits per heavy atom. The third-order valence-electron chi connectivity index (χ3n) is 2.48. The van der Waals surface area contributed by atoms with Crippen LogP contribution < -0.4 is 10.6 Å². The van der Waals surface area contributed by atoms with Crippen LogP contribution in [0.4, 0.5) is 11.5 Å². The highest BCUT2D eigenvalue weighted by Crippen LogP contribution is 2.20. The number of rotatable bonds is 4. The molecule has 1 aromatic rings. The van der Waals surface area contributed by atoms with Gasteiger partial charge >= 0.3 is 5.69 Å². The van der Waals surface area contributed by atoms with Gasteiger partial charge in [-0.2, -0.15) is 0 Å². The lowest BCUT2D eigenvalue weighted by Gasteiger charge is -2.23. The quantitative estimate of drug-likeness (QED) is 0.582. The van der Waals surface area contributed by atoms with E-state index in [2.05, 4.69) is 15.6 Å². The molecule has 1 unspecified atom stereocenters. The zero-order valence-corrected chi connectivity index (χ0v) is 9.26. The first-order valence-electron chi connectivity index (χ1n) is 5.43. The lowest BCUT2D eigenvalue weighted by molar-refractivity contribution is -0.384. The molecule has 0 amide bonds. The summed E-state index contributed by atoms with van der Waals surface area (Å²) in [6.07, 6.45) is 1.54. The molecule has 1 aromatic heterocycles. The van der Waals surface area contributed by atoms with Gasteiger partial charge < -0.3 is 15.4 Å². The molecule has 1 fully saturated rings. The fourth-order valence-electron chi connectivity index (χ4n) is 1.64. The zero-order valence-electron chi connectivity index (χ0n) is 9.26. The minimum atomic E-state index is -0.449. The van der Waals surface area contributed by atoms with Crippen LogP contribution in [-0.2, 0) is 4.74 Å². The minimum absolute atomic E-state index is 0.0173. The fraction of sp³-hybridized carbons (Fsp3) is 0.500. The molecule has 0 bridgehead atoms. The molecule has 0 aliphatic carbocycles. The van der Waals surface area contributed by atoms with Crippen molar-refractivity contribution in [3.05, 3.63) is 28.4 Å². The summed E-state index contributed by atoms with van der Waals surface area (Å²) in [6, 6.07) is 2.97. The van der Waals surface area contributed by atoms with Gasteiger partial charge in [0.25, 0.3) is 0 Å². The summed E-state index contributed by atoms with van der Waals surface area (Å²) >= 11 is 0. The van der Waals surface area contributed by atoms with Crippen molar-refractivity contribution in [2.75, 3.05) is 31.6 Å². The van der Waals surface area contributed by atoms with E-state index in [-0.39, 0.29) is 17.6 Å². The third kappa shape index (κ3) is 3.11. The lowest BCUT2D eigenvalue weighted by Crippen LogP contribution is -2.42. The number of anilines is 1. The smallest absolute Gasteiger partial charge is 0.311 e. The van der Waals surface area contributed by atoms with Crippen LogP contribution in [0.5, 0.6) is 0 Å². The molecule has 1 saturated heterocycles. The number of ether oxygens (including phenoxy) is 1. The second kappa shape index (κ2) is 5.55. The van der Waals surface area contributed by atoms with Crippen molar-refractivity contribution >= 4 is 11.5 Å². The van der Waals surface area contributed by atoms with Crippen molar-refractivity contribution in [2.24, 2.45) is 0 Å². The van der Waals surface area contributed by atoms with Gasteiger partial charge in [0.05, 0.1) is 17.6 Å². The van der Waals surface area contributed by atoms with Crippen LogP contribution in [0.1, 0.15) is 0 Å². The summed E-state index contributed by atoms with van der Waals surface area (Å²) in [7, 11) is 0. The van der Waals surface area contributed by atoms with Crippen LogP contribution in [0, 0.1) is 10.1 Å². The van der Waals surface area contributed by atoms with E-state index in [1.54, 1.807) is 6.07 Å². The van der Waals surface area contributed by atoms with Gasteiger partial charge in [-0.3, -0.25) is 10.1 Å². The summed E-state index contributed by atoms with van der Waals surface area (Å²) in [4.78, 5) is 14.3. The number of nitro groups is 1. The summed E-state index contributed by atoms with van der Waals surface area (Å²) in [5.74, 6) is 0.284. The standard InChI is InChI=1S/C10H14N4O3/c15-14(16)9-2-1-3-12-10(9)13-7-8-6-11-4-5-17-8/h1-3,8,11H,4-7H2,(H,12,13). The molecule has 17 heavy (non-hydrogen) atoms. The van der Waals surface area contributed by atoms with E-state index in [0.29, 0.717) is 13.2 Å². The molecular formula is C10H14N4O3. The lowest BCUT2D eigenvalue weighted by atomic mass is 10.3. The Morgan fingerprint density at radius 2 is 2.59 bits per heavy atom. The summed E-state index contributed by atoms with van der Waals surface area (Å²) in [6.45, 7) is 2.76. The largest absolute Gasteiger partial charge is 0.374 e. The highest BCUT2D eigenvalue weighted by molar-refractivity contribution is 5.55. The van der Waals surface area contributed by atoms with E-state index < -0.39 is 4.92 Å². The predicted octanol–water partition coefficient (Wildman–Crippen LogP) is 0.390. The topological polar surface area (TPSA) is 89.3 Å². The first-order valence-corrected chi connectivity index (χ1v) is 5.43. The van der Waals surface area contributed by atoms with Gasteiger partial charge in [-0.05, 0) is 6.07 Å². The van der Waals surface area contributed by atoms with Crippen molar-refractivity contribution in [2.45, 2.75) is 6.10 Å². The Kier molecular flexibility index (Phi) is 3.84. The summed E-state index contributed by atoms with van der Waals surface area (Å²) in [5.41, 5.74) is -0.0173. The number of pyridine rings is 1. The zero-order chi connectivity index (χ0) is 12.1. The maximum absolute atomic E-state index is 10.8. The monoisotopic (exact) mass is 238 g/mol. The second-order valence-corrected chi connectivity index (χ2v) is 3.71. The van der Waals surface area contributed by atoms with E-state index in [1.807, 2.05) is 0 Å². The normalized spacial score (nSPS) is 19.9. The molecule has 2 N–H and O–H groups in total. The van der Waals surface area contributed by atoms with Crippen molar-refractivity contribution in [3.63, 3.8) is 0 Å². The van der Waals surface area contributed by atoms with E-state index in [1.165, 1.54) is 12.3 Å². The van der Waals surface area contributed by atoms with Crippen molar-refractivity contribution in [1.29, 1.82) is 0 Å². The van der Waals surface area contributed by atoms with E-state index in [9.17, 15) is 10.1 Å². The number of aromatic nitrogens is 1. The highest BCUT2D eigenvalue weighted by Gasteiger charge is 2.17. The van der Waals surface area contributed by atoms with Gasteiger partial charge in [0.1, 0.15) is 0 Å². The van der Waals surface area contributed by atoms with E-state index in [0.717, 1.165) is 13.1 Å². The van der Waals surface area contributed by atoms with Gasteiger partial charge in [-0.15, -0.1) is 0 Å². The van der Waals surface area contributed by atoms with Gasteiger partial charge in [0, 0.05) is 31.9 Å². The maximum Gasteiger partial charge on any atom is 0.311 e. The van der Waals surface area contributed by atoms with Gasteiger partial charge in [0.15, 0.2) is 0 Å². The van der Waals surface area contributed by atoms with Gasteiger partial charge in [-0.25, -0.2) is 4.98 Å². The average Bonchev–Trinajstić information content (AvgIpc) is 2.38. The maximum atomic E-state index is 10.8. The van der Waals surface area contributed by atoms with E-state index >= 15 is 0 Å². The van der Waals surface area contributed by atoms with Crippen molar-refractivity contribution < 1.29 is 9.66 Å². The Morgan fingerprint density at radius 1 is 1.71 bits per heavy atom. The summed E-state index contributed by atoms with van der Waals surface area (Å²) < 4.78 is 5.48. The third-order valence-corrected chi connectivity index (χ3v) is 2.48. The molecule has 92 valence electrons. The number of hydrogen-bond acceptors (Lipinski definition) is 6. The van der Waals surface area contributed by atoms with Crippen LogP contribution in [0.25, 0.3) is 0 Å². The molecule has 7 nitrogen and oxygen atoms in total. The second-order valence-electron chi connectivity index (χ2n) is 3.71. The Labute approximate surface area is 98.3 Å². The molecule has 2 rings (SSSR count). The first kappa shape index (κ1) is 11.7. The Balaban J connectivity index is 1.96. The van der Waals surface area contributed by atoms with Crippen LogP contribution in [0.2, 0.25) is 0 Å². The van der Waals surface area contributed by atoms with Crippen LogP contribution >= 0.6 is 0 Å². The van der Waals surface area contributed by atoms with Crippen LogP contribution in [0.3, 0.4) is 0 Å². The number of hydrogen-bond donors (Lipinski definition) is 2. The van der Waals surface area contributed by atoms with Crippen LogP contribution in [-0.4, -0.2) is 42.3 Å². The molecule has 1 aliphatic rings. The molecule has 0 radical (unpaired) electrons. The van der Waals surface area contributed by atoms with E-state index in [4.69, 9.17) is 4.74 Å². The number of nitrogens with one attached hydrogen (secondary N) is 2. The molecular weight excluding hydrogens is 224 g/mol. The number of nitrogens with zero attached hydrogens (tertiary/aromatic N) is 2. The first-order chi connectivity index (χ1) is 8.27. The average molecular weight is 238 g/mol. The molecule has 0 aromatic carbocycles. The molecule has 1 aliphatic heterocycles. The molecule has 7 heteroatoms. The minimum Gasteiger partial charge on any atom is -0.374 e.